The van der Waals surface area contributed by atoms with Crippen molar-refractivity contribution < 1.29 is 14.7 Å². The lowest BCUT2D eigenvalue weighted by molar-refractivity contribution is -0.108. The van der Waals surface area contributed by atoms with Gasteiger partial charge < -0.3 is 14.8 Å². The number of rotatable bonds is 3. The van der Waals surface area contributed by atoms with Gasteiger partial charge >= 0.3 is 6.09 Å². The predicted octanol–water partition coefficient (Wildman–Crippen LogP) is 2.92. The van der Waals surface area contributed by atoms with Gasteiger partial charge in [-0.15, -0.1) is 0 Å². The van der Waals surface area contributed by atoms with E-state index in [2.05, 4.69) is 0 Å². The van der Waals surface area contributed by atoms with Crippen LogP contribution in [0, 0.1) is 11.3 Å². The Hall–Kier alpha value is -1.06. The van der Waals surface area contributed by atoms with Crippen molar-refractivity contribution in [1.29, 1.82) is 0 Å². The van der Waals surface area contributed by atoms with Gasteiger partial charge in [0.15, 0.2) is 0 Å². The number of nitrogens with zero attached hydrogens (tertiary/aromatic N) is 1. The second-order valence-electron chi connectivity index (χ2n) is 5.96. The van der Waals surface area contributed by atoms with Gasteiger partial charge in [0.1, 0.15) is 6.29 Å². The van der Waals surface area contributed by atoms with Crippen LogP contribution in [0.3, 0.4) is 0 Å². The van der Waals surface area contributed by atoms with Gasteiger partial charge in [0.05, 0.1) is 0 Å². The Kier molecular flexibility index (Phi) is 4.25. The number of piperidine rings is 1. The Labute approximate surface area is 108 Å². The molecule has 0 aromatic heterocycles. The molecule has 4 heteroatoms. The maximum absolute atomic E-state index is 10.9. The summed E-state index contributed by atoms with van der Waals surface area (Å²) in [6.07, 6.45) is 8.94. The Bertz CT molecular complexity index is 298. The van der Waals surface area contributed by atoms with E-state index in [4.69, 9.17) is 5.11 Å². The number of aldehydes is 1. The Morgan fingerprint density at radius 3 is 2.33 bits per heavy atom. The number of carbonyl (C=O) groups is 2. The lowest BCUT2D eigenvalue weighted by Gasteiger charge is -2.45. The van der Waals surface area contributed by atoms with Crippen molar-refractivity contribution >= 4 is 12.4 Å². The van der Waals surface area contributed by atoms with Crippen LogP contribution in [0.1, 0.15) is 51.4 Å². The predicted molar refractivity (Wildman–Crippen MR) is 68.5 cm³/mol. The van der Waals surface area contributed by atoms with Gasteiger partial charge in [0.2, 0.25) is 0 Å². The average molecular weight is 253 g/mol. The summed E-state index contributed by atoms with van der Waals surface area (Å²) in [6, 6.07) is 0. The Morgan fingerprint density at radius 1 is 1.22 bits per heavy atom. The Balaban J connectivity index is 1.79. The molecule has 1 saturated heterocycles. The summed E-state index contributed by atoms with van der Waals surface area (Å²) in [5, 5.41) is 8.96. The molecule has 18 heavy (non-hydrogen) atoms. The summed E-state index contributed by atoms with van der Waals surface area (Å²) in [7, 11) is 0. The van der Waals surface area contributed by atoms with Gasteiger partial charge in [-0.25, -0.2) is 4.79 Å². The van der Waals surface area contributed by atoms with Crippen molar-refractivity contribution in [2.45, 2.75) is 51.4 Å². The third kappa shape index (κ3) is 3.03. The highest BCUT2D eigenvalue weighted by Crippen LogP contribution is 2.47. The lowest BCUT2D eigenvalue weighted by atomic mass is 9.65. The second-order valence-corrected chi connectivity index (χ2v) is 5.96. The van der Waals surface area contributed by atoms with Crippen molar-refractivity contribution in [3.05, 3.63) is 0 Å². The van der Waals surface area contributed by atoms with E-state index in [1.54, 1.807) is 4.90 Å². The van der Waals surface area contributed by atoms with Gasteiger partial charge in [-0.1, -0.05) is 0 Å². The summed E-state index contributed by atoms with van der Waals surface area (Å²) >= 11 is 0. The number of carbonyl (C=O) groups excluding carboxylic acids is 1. The van der Waals surface area contributed by atoms with E-state index in [9.17, 15) is 9.59 Å². The molecule has 102 valence electrons. The molecule has 1 spiro atoms. The molecular weight excluding hydrogens is 230 g/mol. The summed E-state index contributed by atoms with van der Waals surface area (Å²) in [4.78, 5) is 22.8. The molecule has 1 saturated carbocycles. The highest BCUT2D eigenvalue weighted by molar-refractivity contribution is 5.65. The molecule has 2 rings (SSSR count). The van der Waals surface area contributed by atoms with Crippen molar-refractivity contribution in [3.8, 4) is 0 Å². The molecule has 2 aliphatic rings. The molecule has 4 nitrogen and oxygen atoms in total. The molecule has 0 unspecified atom stereocenters. The number of hydrogen-bond donors (Lipinski definition) is 1. The van der Waals surface area contributed by atoms with Gasteiger partial charge in [-0.05, 0) is 56.3 Å². The maximum Gasteiger partial charge on any atom is 0.407 e. The standard InChI is InChI=1S/C14H23NO3/c16-11-1-2-12-3-5-14(6-4-12)7-9-15(10-8-14)13(17)18/h11-12H,1-10H2,(H,17,18). The maximum atomic E-state index is 10.9. The average Bonchev–Trinajstić information content (AvgIpc) is 2.39. The first-order chi connectivity index (χ1) is 8.65. The van der Waals surface area contributed by atoms with E-state index >= 15 is 0 Å². The molecule has 0 atom stereocenters. The fourth-order valence-electron chi connectivity index (χ4n) is 3.55. The van der Waals surface area contributed by atoms with Crippen LogP contribution >= 0.6 is 0 Å². The molecule has 1 N–H and O–H groups in total. The van der Waals surface area contributed by atoms with Gasteiger partial charge in [-0.2, -0.15) is 0 Å². The van der Waals surface area contributed by atoms with Crippen LogP contribution in [0.5, 0.6) is 0 Å². The zero-order valence-electron chi connectivity index (χ0n) is 10.9. The van der Waals surface area contributed by atoms with Crippen LogP contribution in [0.15, 0.2) is 0 Å². The highest BCUT2D eigenvalue weighted by atomic mass is 16.4. The lowest BCUT2D eigenvalue weighted by Crippen LogP contribution is -2.44. The number of carboxylic acid groups (broad SMARTS) is 1. The molecule has 0 aromatic carbocycles. The quantitative estimate of drug-likeness (QED) is 0.787. The van der Waals surface area contributed by atoms with Crippen LogP contribution < -0.4 is 0 Å². The van der Waals surface area contributed by atoms with Crippen molar-refractivity contribution in [3.63, 3.8) is 0 Å². The minimum atomic E-state index is -0.774. The van der Waals surface area contributed by atoms with Gasteiger partial charge in [0.25, 0.3) is 0 Å². The van der Waals surface area contributed by atoms with E-state index in [1.807, 2.05) is 0 Å². The van der Waals surface area contributed by atoms with Crippen molar-refractivity contribution in [2.75, 3.05) is 13.1 Å². The van der Waals surface area contributed by atoms with Crippen LogP contribution in [-0.4, -0.2) is 35.5 Å². The monoisotopic (exact) mass is 253 g/mol. The molecule has 0 radical (unpaired) electrons. The smallest absolute Gasteiger partial charge is 0.407 e. The molecule has 1 heterocycles. The Morgan fingerprint density at radius 2 is 1.83 bits per heavy atom. The largest absolute Gasteiger partial charge is 0.465 e. The van der Waals surface area contributed by atoms with Crippen molar-refractivity contribution in [2.24, 2.45) is 11.3 Å². The summed E-state index contributed by atoms with van der Waals surface area (Å²) in [6.45, 7) is 1.41. The van der Waals surface area contributed by atoms with E-state index < -0.39 is 6.09 Å². The SMILES string of the molecule is O=CCCC1CCC2(CC1)CCN(C(=O)O)CC2. The normalized spacial score (nSPS) is 24.1. The first-order valence-electron chi connectivity index (χ1n) is 7.07. The molecule has 2 fully saturated rings. The zero-order chi connectivity index (χ0) is 13.0. The second kappa shape index (κ2) is 5.72. The molecule has 1 amide bonds. The van der Waals surface area contributed by atoms with Crippen LogP contribution in [0.2, 0.25) is 0 Å². The topological polar surface area (TPSA) is 57.6 Å². The van der Waals surface area contributed by atoms with Crippen LogP contribution in [0.4, 0.5) is 4.79 Å². The number of hydrogen-bond acceptors (Lipinski definition) is 2. The molecule has 0 bridgehead atoms. The van der Waals surface area contributed by atoms with E-state index in [1.165, 1.54) is 25.7 Å². The highest BCUT2D eigenvalue weighted by Gasteiger charge is 2.38. The van der Waals surface area contributed by atoms with Crippen molar-refractivity contribution in [1.82, 2.24) is 4.90 Å². The summed E-state index contributed by atoms with van der Waals surface area (Å²) < 4.78 is 0. The first-order valence-corrected chi connectivity index (χ1v) is 7.07. The number of amides is 1. The van der Waals surface area contributed by atoms with E-state index in [0.717, 1.165) is 31.5 Å². The van der Waals surface area contributed by atoms with E-state index in [-0.39, 0.29) is 0 Å². The number of likely N-dealkylation sites (tertiary alicyclic amines) is 1. The van der Waals surface area contributed by atoms with Crippen LogP contribution in [0.25, 0.3) is 0 Å². The third-order valence-electron chi connectivity index (χ3n) is 4.95. The minimum absolute atomic E-state index is 0.406. The fraction of sp³-hybridized carbons (Fsp3) is 0.857. The van der Waals surface area contributed by atoms with Gasteiger partial charge in [-0.3, -0.25) is 0 Å². The first kappa shape index (κ1) is 13.4. The van der Waals surface area contributed by atoms with Crippen LogP contribution in [-0.2, 0) is 4.79 Å². The molecule has 1 aliphatic heterocycles. The minimum Gasteiger partial charge on any atom is -0.465 e. The zero-order valence-corrected chi connectivity index (χ0v) is 10.9. The molecule has 1 aliphatic carbocycles. The van der Waals surface area contributed by atoms with E-state index in [0.29, 0.717) is 24.9 Å². The third-order valence-corrected chi connectivity index (χ3v) is 4.95. The molecular formula is C14H23NO3. The summed E-state index contributed by atoms with van der Waals surface area (Å²) in [5.41, 5.74) is 0.406. The molecule has 0 aromatic rings. The van der Waals surface area contributed by atoms with Gasteiger partial charge in [0, 0.05) is 19.5 Å². The summed E-state index contributed by atoms with van der Waals surface area (Å²) in [5.74, 6) is 0.721. The fourth-order valence-corrected chi connectivity index (χ4v) is 3.55.